The lowest BCUT2D eigenvalue weighted by Crippen LogP contribution is -1.89. The van der Waals surface area contributed by atoms with Crippen molar-refractivity contribution in [2.45, 2.75) is 0 Å². The summed E-state index contributed by atoms with van der Waals surface area (Å²) in [6.07, 6.45) is 0. The molecule has 46 heavy (non-hydrogen) atoms. The van der Waals surface area contributed by atoms with E-state index in [0.29, 0.717) is 0 Å². The van der Waals surface area contributed by atoms with Gasteiger partial charge in [-0.1, -0.05) is 152 Å². The zero-order valence-corrected chi connectivity index (χ0v) is 25.8. The molecule has 9 rings (SSSR count). The van der Waals surface area contributed by atoms with E-state index in [-0.39, 0.29) is 0 Å². The van der Waals surface area contributed by atoms with Crippen LogP contribution in [0, 0.1) is 0 Å². The predicted molar refractivity (Wildman–Crippen MR) is 196 cm³/mol. The number of thiophene rings is 1. The van der Waals surface area contributed by atoms with Crippen LogP contribution >= 0.6 is 11.3 Å². The van der Waals surface area contributed by atoms with Crippen LogP contribution < -0.4 is 0 Å². The van der Waals surface area contributed by atoms with Gasteiger partial charge in [0, 0.05) is 42.4 Å². The lowest BCUT2D eigenvalue weighted by molar-refractivity contribution is 0.669. The number of fused-ring (bicyclic) bond motifs is 4. The number of hydrogen-bond donors (Lipinski definition) is 0. The van der Waals surface area contributed by atoms with E-state index in [4.69, 9.17) is 4.42 Å². The summed E-state index contributed by atoms with van der Waals surface area (Å²) in [7, 11) is 0. The summed E-state index contributed by atoms with van der Waals surface area (Å²) in [4.78, 5) is 2.57. The molecule has 1 nitrogen and oxygen atoms in total. The number of hydrogen-bond acceptors (Lipinski definition) is 2. The molecule has 0 amide bonds. The second-order valence-corrected chi connectivity index (χ2v) is 12.6. The van der Waals surface area contributed by atoms with Crippen molar-refractivity contribution in [2.75, 3.05) is 0 Å². The van der Waals surface area contributed by atoms with E-state index in [1.807, 2.05) is 23.5 Å². The van der Waals surface area contributed by atoms with Crippen LogP contribution in [-0.2, 0) is 0 Å². The van der Waals surface area contributed by atoms with E-state index in [1.54, 1.807) is 0 Å². The van der Waals surface area contributed by atoms with Crippen LogP contribution in [0.15, 0.2) is 174 Å². The van der Waals surface area contributed by atoms with Crippen molar-refractivity contribution >= 4 is 44.0 Å². The Morgan fingerprint density at radius 2 is 0.848 bits per heavy atom. The van der Waals surface area contributed by atoms with E-state index in [2.05, 4.69) is 158 Å². The van der Waals surface area contributed by atoms with Crippen molar-refractivity contribution in [3.8, 4) is 54.3 Å². The Kier molecular flexibility index (Phi) is 6.40. The Hall–Kier alpha value is -5.70. The molecule has 0 spiro atoms. The number of para-hydroxylation sites is 1. The third-order valence-electron chi connectivity index (χ3n) is 8.94. The van der Waals surface area contributed by atoms with Crippen LogP contribution in [0.2, 0.25) is 0 Å². The summed E-state index contributed by atoms with van der Waals surface area (Å²) in [6.45, 7) is 0. The molecule has 0 fully saturated rings. The smallest absolute Gasteiger partial charge is 0.135 e. The highest BCUT2D eigenvalue weighted by atomic mass is 32.1. The van der Waals surface area contributed by atoms with Gasteiger partial charge in [0.15, 0.2) is 0 Å². The number of rotatable bonds is 5. The first-order valence-electron chi connectivity index (χ1n) is 15.6. The minimum Gasteiger partial charge on any atom is -0.456 e. The van der Waals surface area contributed by atoms with Gasteiger partial charge in [-0.3, -0.25) is 0 Å². The molecule has 0 saturated carbocycles. The zero-order chi connectivity index (χ0) is 30.5. The molecule has 0 bridgehead atoms. The Bertz CT molecular complexity index is 2520. The lowest BCUT2D eigenvalue weighted by Gasteiger charge is -2.16. The Labute approximate surface area is 271 Å². The van der Waals surface area contributed by atoms with Crippen LogP contribution in [0.4, 0.5) is 0 Å². The number of furan rings is 1. The van der Waals surface area contributed by atoms with E-state index in [1.165, 1.54) is 65.0 Å². The summed E-state index contributed by atoms with van der Waals surface area (Å²) in [5, 5.41) is 4.82. The average molecular weight is 605 g/mol. The first-order chi connectivity index (χ1) is 22.8. The molecule has 0 saturated heterocycles. The molecular weight excluding hydrogens is 577 g/mol. The zero-order valence-electron chi connectivity index (χ0n) is 25.0. The van der Waals surface area contributed by atoms with Crippen LogP contribution in [0.3, 0.4) is 0 Å². The average Bonchev–Trinajstić information content (AvgIpc) is 3.70. The SMILES string of the molecule is c1ccc(-c2ccccc2-c2sc(-c3c(-c4ccccc4)cccc3-c3ccc4oc5ccccc5c4c3)c3ccccc23)cc1. The molecule has 0 aliphatic heterocycles. The normalized spacial score (nSPS) is 11.5. The summed E-state index contributed by atoms with van der Waals surface area (Å²) in [5.41, 5.74) is 11.6. The fraction of sp³-hybridized carbons (Fsp3) is 0. The van der Waals surface area contributed by atoms with Crippen molar-refractivity contribution in [3.63, 3.8) is 0 Å². The first-order valence-corrected chi connectivity index (χ1v) is 16.4. The van der Waals surface area contributed by atoms with Crippen LogP contribution in [0.5, 0.6) is 0 Å². The molecule has 0 aliphatic rings. The lowest BCUT2D eigenvalue weighted by atomic mass is 9.89. The van der Waals surface area contributed by atoms with E-state index < -0.39 is 0 Å². The summed E-state index contributed by atoms with van der Waals surface area (Å²) < 4.78 is 6.21. The topological polar surface area (TPSA) is 13.1 Å². The molecule has 0 atom stereocenters. The van der Waals surface area contributed by atoms with Gasteiger partial charge < -0.3 is 4.42 Å². The molecule has 2 heteroatoms. The molecule has 7 aromatic carbocycles. The van der Waals surface area contributed by atoms with Crippen molar-refractivity contribution in [2.24, 2.45) is 0 Å². The number of benzene rings is 7. The summed E-state index contributed by atoms with van der Waals surface area (Å²) in [6, 6.07) is 60.9. The van der Waals surface area contributed by atoms with E-state index in [9.17, 15) is 0 Å². The van der Waals surface area contributed by atoms with Gasteiger partial charge in [-0.15, -0.1) is 11.3 Å². The van der Waals surface area contributed by atoms with Gasteiger partial charge in [-0.25, -0.2) is 0 Å². The van der Waals surface area contributed by atoms with Crippen LogP contribution in [-0.4, -0.2) is 0 Å². The largest absolute Gasteiger partial charge is 0.456 e. The highest BCUT2D eigenvalue weighted by Crippen LogP contribution is 2.51. The van der Waals surface area contributed by atoms with Gasteiger partial charge in [0.25, 0.3) is 0 Å². The predicted octanol–water partition coefficient (Wildman–Crippen LogP) is 13.1. The quantitative estimate of drug-likeness (QED) is 0.190. The van der Waals surface area contributed by atoms with E-state index >= 15 is 0 Å². The molecule has 2 aromatic heterocycles. The maximum Gasteiger partial charge on any atom is 0.135 e. The Morgan fingerprint density at radius 3 is 1.59 bits per heavy atom. The van der Waals surface area contributed by atoms with Crippen molar-refractivity contribution in [1.82, 2.24) is 0 Å². The standard InChI is InChI=1S/C44H28OS/c1-3-14-29(15-4-1)32-18-7-8-20-36(32)43-37-21-9-10-22-38(37)44(46-43)42-33(30-16-5-2-6-17-30)23-13-24-34(42)31-26-27-41-39(28-31)35-19-11-12-25-40(35)45-41/h1-28H. The monoisotopic (exact) mass is 604 g/mol. The van der Waals surface area contributed by atoms with Gasteiger partial charge in [0.05, 0.1) is 0 Å². The minimum atomic E-state index is 0.909. The Balaban J connectivity index is 1.34. The molecular formula is C44H28OS. The molecule has 2 heterocycles. The third kappa shape index (κ3) is 4.38. The molecule has 0 N–H and O–H groups in total. The molecule has 216 valence electrons. The fourth-order valence-corrected chi connectivity index (χ4v) is 8.21. The minimum absolute atomic E-state index is 0.909. The maximum absolute atomic E-state index is 6.21. The van der Waals surface area contributed by atoms with Crippen molar-refractivity contribution in [1.29, 1.82) is 0 Å². The van der Waals surface area contributed by atoms with Gasteiger partial charge in [0.1, 0.15) is 11.2 Å². The second-order valence-electron chi connectivity index (χ2n) is 11.6. The second kappa shape index (κ2) is 11.0. The van der Waals surface area contributed by atoms with Crippen molar-refractivity contribution in [3.05, 3.63) is 170 Å². The molecule has 0 aliphatic carbocycles. The summed E-state index contributed by atoms with van der Waals surface area (Å²) in [5.74, 6) is 0. The molecule has 9 aromatic rings. The highest BCUT2D eigenvalue weighted by molar-refractivity contribution is 7.21. The van der Waals surface area contributed by atoms with Crippen LogP contribution in [0.25, 0.3) is 87.0 Å². The van der Waals surface area contributed by atoms with Crippen molar-refractivity contribution < 1.29 is 4.42 Å². The van der Waals surface area contributed by atoms with Gasteiger partial charge in [0.2, 0.25) is 0 Å². The molecule has 0 unspecified atom stereocenters. The first kappa shape index (κ1) is 26.7. The van der Waals surface area contributed by atoms with Crippen LogP contribution in [0.1, 0.15) is 0 Å². The summed E-state index contributed by atoms with van der Waals surface area (Å²) >= 11 is 1.89. The fourth-order valence-electron chi connectivity index (χ4n) is 6.82. The maximum atomic E-state index is 6.21. The van der Waals surface area contributed by atoms with E-state index in [0.717, 1.165) is 21.9 Å². The Morgan fingerprint density at radius 1 is 0.326 bits per heavy atom. The molecule has 0 radical (unpaired) electrons. The van der Waals surface area contributed by atoms with Gasteiger partial charge in [-0.2, -0.15) is 0 Å². The third-order valence-corrected chi connectivity index (χ3v) is 10.2. The van der Waals surface area contributed by atoms with Gasteiger partial charge in [-0.05, 0) is 51.6 Å². The van der Waals surface area contributed by atoms with Gasteiger partial charge >= 0.3 is 0 Å². The highest BCUT2D eigenvalue weighted by Gasteiger charge is 2.22.